The van der Waals surface area contributed by atoms with Crippen LogP contribution in [0.5, 0.6) is 0 Å². The molecule has 96 valence electrons. The van der Waals surface area contributed by atoms with Crippen LogP contribution in [0.25, 0.3) is 0 Å². The van der Waals surface area contributed by atoms with Crippen molar-refractivity contribution in [3.8, 4) is 0 Å². The van der Waals surface area contributed by atoms with Gasteiger partial charge in [0.25, 0.3) is 0 Å². The van der Waals surface area contributed by atoms with Crippen LogP contribution in [0.15, 0.2) is 18.2 Å². The molecule has 1 aromatic carbocycles. The van der Waals surface area contributed by atoms with Crippen LogP contribution in [0.4, 0.5) is 0 Å². The Hall–Kier alpha value is -1.06. The number of rotatable bonds is 3. The van der Waals surface area contributed by atoms with Crippen molar-refractivity contribution < 1.29 is 14.7 Å². The Labute approximate surface area is 115 Å². The van der Waals surface area contributed by atoms with E-state index in [1.807, 2.05) is 0 Å². The fourth-order valence-electron chi connectivity index (χ4n) is 2.46. The maximum atomic E-state index is 12.3. The molecular formula is C13H12Cl2O3. The van der Waals surface area contributed by atoms with E-state index in [0.717, 1.165) is 6.42 Å². The van der Waals surface area contributed by atoms with E-state index in [2.05, 4.69) is 0 Å². The maximum Gasteiger partial charge on any atom is 0.307 e. The van der Waals surface area contributed by atoms with E-state index in [-0.39, 0.29) is 10.8 Å². The number of aliphatic carboxylic acids is 1. The van der Waals surface area contributed by atoms with Gasteiger partial charge in [-0.3, -0.25) is 9.59 Å². The van der Waals surface area contributed by atoms with Gasteiger partial charge in [-0.25, -0.2) is 0 Å². The van der Waals surface area contributed by atoms with E-state index >= 15 is 0 Å². The summed E-state index contributed by atoms with van der Waals surface area (Å²) < 4.78 is 0. The van der Waals surface area contributed by atoms with E-state index < -0.39 is 17.8 Å². The minimum absolute atomic E-state index is 0.193. The lowest BCUT2D eigenvalue weighted by Gasteiger charge is -2.15. The summed E-state index contributed by atoms with van der Waals surface area (Å²) in [6.07, 6.45) is 1.92. The molecule has 0 amide bonds. The Morgan fingerprint density at radius 2 is 1.83 bits per heavy atom. The standard InChI is InChI=1S/C13H12Cl2O3/c14-7-4-5-10(11(15)6-7)12(16)8-2-1-3-9(8)13(17)18/h4-6,8-9H,1-3H2,(H,17,18). The van der Waals surface area contributed by atoms with Gasteiger partial charge >= 0.3 is 5.97 Å². The second-order valence-corrected chi connectivity index (χ2v) is 5.31. The lowest BCUT2D eigenvalue weighted by molar-refractivity contribution is -0.142. The van der Waals surface area contributed by atoms with Crippen LogP contribution in [0.3, 0.4) is 0 Å². The molecule has 3 nitrogen and oxygen atoms in total. The van der Waals surface area contributed by atoms with Crippen molar-refractivity contribution in [1.29, 1.82) is 0 Å². The molecule has 0 aliphatic heterocycles. The smallest absolute Gasteiger partial charge is 0.307 e. The molecule has 0 spiro atoms. The zero-order valence-corrected chi connectivity index (χ0v) is 11.0. The first-order valence-corrected chi connectivity index (χ1v) is 6.48. The maximum absolute atomic E-state index is 12.3. The average molecular weight is 287 g/mol. The summed E-state index contributed by atoms with van der Waals surface area (Å²) >= 11 is 11.7. The molecule has 2 rings (SSSR count). The number of carboxylic acid groups (broad SMARTS) is 1. The first kappa shape index (κ1) is 13.4. The molecule has 0 radical (unpaired) electrons. The third-order valence-electron chi connectivity index (χ3n) is 3.37. The van der Waals surface area contributed by atoms with Gasteiger partial charge in [-0.15, -0.1) is 0 Å². The second-order valence-electron chi connectivity index (χ2n) is 4.47. The number of carbonyl (C=O) groups excluding carboxylic acids is 1. The van der Waals surface area contributed by atoms with Gasteiger partial charge in [-0.05, 0) is 31.0 Å². The van der Waals surface area contributed by atoms with Crippen LogP contribution in [0, 0.1) is 11.8 Å². The van der Waals surface area contributed by atoms with Crippen LogP contribution in [-0.2, 0) is 4.79 Å². The second kappa shape index (κ2) is 5.29. The minimum atomic E-state index is -0.907. The van der Waals surface area contributed by atoms with Crippen molar-refractivity contribution >= 4 is 35.0 Å². The van der Waals surface area contributed by atoms with Crippen LogP contribution in [0.2, 0.25) is 10.0 Å². The highest BCUT2D eigenvalue weighted by molar-refractivity contribution is 6.36. The van der Waals surface area contributed by atoms with E-state index in [9.17, 15) is 9.59 Å². The van der Waals surface area contributed by atoms with Gasteiger partial charge in [0.1, 0.15) is 0 Å². The van der Waals surface area contributed by atoms with E-state index in [0.29, 0.717) is 23.4 Å². The summed E-state index contributed by atoms with van der Waals surface area (Å²) in [6, 6.07) is 4.65. The third-order valence-corrected chi connectivity index (χ3v) is 3.91. The fourth-order valence-corrected chi connectivity index (χ4v) is 2.96. The molecule has 1 aromatic rings. The largest absolute Gasteiger partial charge is 0.481 e. The zero-order chi connectivity index (χ0) is 13.3. The highest BCUT2D eigenvalue weighted by Gasteiger charge is 2.38. The lowest BCUT2D eigenvalue weighted by atomic mass is 9.88. The normalized spacial score (nSPS) is 23.0. The van der Waals surface area contributed by atoms with Gasteiger partial charge in [-0.2, -0.15) is 0 Å². The van der Waals surface area contributed by atoms with Crippen LogP contribution < -0.4 is 0 Å². The number of hydrogen-bond acceptors (Lipinski definition) is 2. The highest BCUT2D eigenvalue weighted by Crippen LogP contribution is 2.36. The van der Waals surface area contributed by atoms with E-state index in [1.165, 1.54) is 6.07 Å². The fraction of sp³-hybridized carbons (Fsp3) is 0.385. The summed E-state index contributed by atoms with van der Waals surface area (Å²) in [5.41, 5.74) is 0.360. The molecule has 18 heavy (non-hydrogen) atoms. The quantitative estimate of drug-likeness (QED) is 0.863. The predicted octanol–water partition coefficient (Wildman–Crippen LogP) is 3.68. The molecule has 2 atom stereocenters. The summed E-state index contributed by atoms with van der Waals surface area (Å²) in [4.78, 5) is 23.4. The van der Waals surface area contributed by atoms with Crippen LogP contribution in [-0.4, -0.2) is 16.9 Å². The number of carboxylic acids is 1. The lowest BCUT2D eigenvalue weighted by Crippen LogP contribution is -2.25. The molecule has 1 aliphatic carbocycles. The van der Waals surface area contributed by atoms with Gasteiger partial charge in [0.2, 0.25) is 0 Å². The van der Waals surface area contributed by atoms with Gasteiger partial charge < -0.3 is 5.11 Å². The van der Waals surface area contributed by atoms with E-state index in [4.69, 9.17) is 28.3 Å². The van der Waals surface area contributed by atoms with Crippen molar-refractivity contribution in [1.82, 2.24) is 0 Å². The predicted molar refractivity (Wildman–Crippen MR) is 69.3 cm³/mol. The third kappa shape index (κ3) is 2.52. The number of Topliss-reactive ketones (excluding diaryl/α,β-unsaturated/α-hetero) is 1. The Morgan fingerprint density at radius 1 is 1.17 bits per heavy atom. The number of halogens is 2. The monoisotopic (exact) mass is 286 g/mol. The first-order valence-electron chi connectivity index (χ1n) is 5.73. The molecule has 1 fully saturated rings. The number of benzene rings is 1. The molecule has 5 heteroatoms. The number of hydrogen-bond donors (Lipinski definition) is 1. The molecule has 0 saturated heterocycles. The summed E-state index contributed by atoms with van der Waals surface area (Å²) in [7, 11) is 0. The molecular weight excluding hydrogens is 275 g/mol. The average Bonchev–Trinajstić information content (AvgIpc) is 2.77. The molecule has 0 aromatic heterocycles. The van der Waals surface area contributed by atoms with E-state index in [1.54, 1.807) is 12.1 Å². The summed E-state index contributed by atoms with van der Waals surface area (Å²) in [5.74, 6) is -2.16. The summed E-state index contributed by atoms with van der Waals surface area (Å²) in [5, 5.41) is 9.82. The number of carbonyl (C=O) groups is 2. The van der Waals surface area contributed by atoms with Crippen molar-refractivity contribution in [3.63, 3.8) is 0 Å². The van der Waals surface area contributed by atoms with Crippen molar-refractivity contribution in [3.05, 3.63) is 33.8 Å². The Morgan fingerprint density at radius 3 is 2.44 bits per heavy atom. The Kier molecular flexibility index (Phi) is 3.93. The Balaban J connectivity index is 2.28. The van der Waals surface area contributed by atoms with Crippen molar-refractivity contribution in [2.24, 2.45) is 11.8 Å². The topological polar surface area (TPSA) is 54.4 Å². The molecule has 1 saturated carbocycles. The first-order chi connectivity index (χ1) is 8.50. The highest BCUT2D eigenvalue weighted by atomic mass is 35.5. The molecule has 0 bridgehead atoms. The van der Waals surface area contributed by atoms with Crippen molar-refractivity contribution in [2.45, 2.75) is 19.3 Å². The molecule has 1 aliphatic rings. The van der Waals surface area contributed by atoms with Gasteiger partial charge in [0.05, 0.1) is 10.9 Å². The molecule has 1 N–H and O–H groups in total. The minimum Gasteiger partial charge on any atom is -0.481 e. The number of ketones is 1. The zero-order valence-electron chi connectivity index (χ0n) is 9.53. The van der Waals surface area contributed by atoms with Gasteiger partial charge in [0, 0.05) is 16.5 Å². The van der Waals surface area contributed by atoms with Gasteiger partial charge in [0.15, 0.2) is 5.78 Å². The Bertz CT molecular complexity index is 499. The van der Waals surface area contributed by atoms with Gasteiger partial charge in [-0.1, -0.05) is 29.6 Å². The summed E-state index contributed by atoms with van der Waals surface area (Å²) in [6.45, 7) is 0. The molecule has 2 unspecified atom stereocenters. The van der Waals surface area contributed by atoms with Crippen molar-refractivity contribution in [2.75, 3.05) is 0 Å². The molecule has 0 heterocycles. The van der Waals surface area contributed by atoms with Crippen LogP contribution in [0.1, 0.15) is 29.6 Å². The SMILES string of the molecule is O=C(O)C1CCCC1C(=O)c1ccc(Cl)cc1Cl. The van der Waals surface area contributed by atoms with Crippen LogP contribution >= 0.6 is 23.2 Å².